The summed E-state index contributed by atoms with van der Waals surface area (Å²) >= 11 is 0. The molecule has 4 heteroatoms. The largest absolute Gasteiger partial charge is 0.479 e. The molecule has 0 aromatic rings. The third kappa shape index (κ3) is 1.25. The Bertz CT molecular complexity index is 227. The summed E-state index contributed by atoms with van der Waals surface area (Å²) in [5.74, 6) is -1.06. The van der Waals surface area contributed by atoms with Crippen molar-refractivity contribution in [2.24, 2.45) is 0 Å². The zero-order valence-electron chi connectivity index (χ0n) is 7.73. The van der Waals surface area contributed by atoms with E-state index in [9.17, 15) is 9.90 Å². The van der Waals surface area contributed by atoms with Crippen LogP contribution in [0.25, 0.3) is 0 Å². The number of hydrogen-bond donors (Lipinski definition) is 2. The number of aliphatic hydroxyl groups is 1. The van der Waals surface area contributed by atoms with Crippen LogP contribution >= 0.6 is 0 Å². The summed E-state index contributed by atoms with van der Waals surface area (Å²) in [6.45, 7) is 0. The smallest absolute Gasteiger partial charge is 0.335 e. The van der Waals surface area contributed by atoms with Gasteiger partial charge in [0.25, 0.3) is 0 Å². The first-order chi connectivity index (χ1) is 6.03. The number of carboxylic acids is 1. The van der Waals surface area contributed by atoms with E-state index < -0.39 is 11.6 Å². The lowest BCUT2D eigenvalue weighted by Gasteiger charge is -2.39. The Kier molecular flexibility index (Phi) is 1.85. The molecule has 2 aliphatic heterocycles. The SMILES string of the molecule is CN1[C@@H]2CC[C@H]1CC(O)(C(=O)O)C2. The van der Waals surface area contributed by atoms with Crippen LogP contribution in [0.15, 0.2) is 0 Å². The molecule has 2 rings (SSSR count). The highest BCUT2D eigenvalue weighted by Gasteiger charge is 2.50. The fourth-order valence-corrected chi connectivity index (χ4v) is 2.62. The summed E-state index contributed by atoms with van der Waals surface area (Å²) in [4.78, 5) is 13.0. The van der Waals surface area contributed by atoms with Crippen LogP contribution in [-0.2, 0) is 4.79 Å². The van der Waals surface area contributed by atoms with E-state index in [0.29, 0.717) is 12.8 Å². The monoisotopic (exact) mass is 185 g/mol. The minimum absolute atomic E-state index is 0.264. The maximum Gasteiger partial charge on any atom is 0.335 e. The normalized spacial score (nSPS) is 45.1. The van der Waals surface area contributed by atoms with Crippen molar-refractivity contribution in [3.63, 3.8) is 0 Å². The molecule has 0 aromatic carbocycles. The lowest BCUT2D eigenvalue weighted by Crippen LogP contribution is -2.53. The number of piperidine rings is 1. The molecule has 2 heterocycles. The van der Waals surface area contributed by atoms with Crippen molar-refractivity contribution >= 4 is 5.97 Å². The predicted octanol–water partition coefficient (Wildman–Crippen LogP) is 0.0587. The van der Waals surface area contributed by atoms with E-state index in [1.807, 2.05) is 7.05 Å². The van der Waals surface area contributed by atoms with Crippen LogP contribution in [0.2, 0.25) is 0 Å². The highest BCUT2D eigenvalue weighted by Crippen LogP contribution is 2.39. The molecule has 74 valence electrons. The van der Waals surface area contributed by atoms with Gasteiger partial charge in [0.05, 0.1) is 0 Å². The maximum atomic E-state index is 10.8. The maximum absolute atomic E-state index is 10.8. The molecule has 2 fully saturated rings. The van der Waals surface area contributed by atoms with E-state index in [1.54, 1.807) is 0 Å². The van der Waals surface area contributed by atoms with Crippen molar-refractivity contribution in [2.45, 2.75) is 43.4 Å². The number of fused-ring (bicyclic) bond motifs is 2. The molecule has 0 aromatic heterocycles. The molecule has 1 unspecified atom stereocenters. The third-order valence-electron chi connectivity index (χ3n) is 3.53. The summed E-state index contributed by atoms with van der Waals surface area (Å²) < 4.78 is 0. The number of hydrogen-bond acceptors (Lipinski definition) is 3. The average Bonchev–Trinajstić information content (AvgIpc) is 2.33. The molecule has 2 saturated heterocycles. The van der Waals surface area contributed by atoms with Crippen molar-refractivity contribution < 1.29 is 15.0 Å². The lowest BCUT2D eigenvalue weighted by atomic mass is 9.86. The van der Waals surface area contributed by atoms with Gasteiger partial charge in [-0.2, -0.15) is 0 Å². The van der Waals surface area contributed by atoms with Gasteiger partial charge in [-0.1, -0.05) is 0 Å². The molecule has 3 atom stereocenters. The van der Waals surface area contributed by atoms with Gasteiger partial charge in [0.15, 0.2) is 5.60 Å². The molecule has 4 nitrogen and oxygen atoms in total. The minimum Gasteiger partial charge on any atom is -0.479 e. The zero-order valence-corrected chi connectivity index (χ0v) is 7.73. The van der Waals surface area contributed by atoms with E-state index in [0.717, 1.165) is 12.8 Å². The molecule has 2 N–H and O–H groups in total. The Hall–Kier alpha value is -0.610. The van der Waals surface area contributed by atoms with E-state index in [4.69, 9.17) is 5.11 Å². The summed E-state index contributed by atoms with van der Waals surface area (Å²) in [6.07, 6.45) is 2.82. The number of aliphatic carboxylic acids is 1. The highest BCUT2D eigenvalue weighted by molar-refractivity contribution is 5.77. The van der Waals surface area contributed by atoms with Gasteiger partial charge in [-0.15, -0.1) is 0 Å². The number of nitrogens with zero attached hydrogens (tertiary/aromatic N) is 1. The lowest BCUT2D eigenvalue weighted by molar-refractivity contribution is -0.166. The van der Waals surface area contributed by atoms with Crippen molar-refractivity contribution in [2.75, 3.05) is 7.05 Å². The Morgan fingerprint density at radius 1 is 1.38 bits per heavy atom. The van der Waals surface area contributed by atoms with Crippen molar-refractivity contribution in [3.05, 3.63) is 0 Å². The molecule has 0 saturated carbocycles. The van der Waals surface area contributed by atoms with Crippen LogP contribution in [0.4, 0.5) is 0 Å². The first kappa shape index (κ1) is 8.97. The van der Waals surface area contributed by atoms with Gasteiger partial charge < -0.3 is 15.1 Å². The Morgan fingerprint density at radius 2 is 1.85 bits per heavy atom. The molecule has 0 aliphatic carbocycles. The molecule has 2 aliphatic rings. The Labute approximate surface area is 77.2 Å². The number of rotatable bonds is 1. The average molecular weight is 185 g/mol. The number of carbonyl (C=O) groups is 1. The van der Waals surface area contributed by atoms with Gasteiger partial charge in [-0.05, 0) is 19.9 Å². The van der Waals surface area contributed by atoms with Gasteiger partial charge in [-0.3, -0.25) is 0 Å². The van der Waals surface area contributed by atoms with Crippen molar-refractivity contribution in [1.82, 2.24) is 4.90 Å². The van der Waals surface area contributed by atoms with Crippen LogP contribution < -0.4 is 0 Å². The summed E-state index contributed by atoms with van der Waals surface area (Å²) in [5, 5.41) is 18.7. The standard InChI is InChI=1S/C9H15NO3/c1-10-6-2-3-7(10)5-9(13,4-6)8(11)12/h6-7,13H,2-5H2,1H3,(H,11,12)/t6-,7+,9?. The highest BCUT2D eigenvalue weighted by atomic mass is 16.4. The molecule has 13 heavy (non-hydrogen) atoms. The Balaban J connectivity index is 2.19. The molecule has 0 radical (unpaired) electrons. The van der Waals surface area contributed by atoms with Crippen LogP contribution in [0.5, 0.6) is 0 Å². The van der Waals surface area contributed by atoms with Gasteiger partial charge in [0.2, 0.25) is 0 Å². The van der Waals surface area contributed by atoms with Crippen LogP contribution in [0.3, 0.4) is 0 Å². The van der Waals surface area contributed by atoms with Gasteiger partial charge in [0.1, 0.15) is 0 Å². The van der Waals surface area contributed by atoms with Crippen molar-refractivity contribution in [1.29, 1.82) is 0 Å². The first-order valence-electron chi connectivity index (χ1n) is 4.71. The minimum atomic E-state index is -1.46. The molecule has 2 bridgehead atoms. The zero-order chi connectivity index (χ0) is 9.64. The quantitative estimate of drug-likeness (QED) is 0.606. The third-order valence-corrected chi connectivity index (χ3v) is 3.53. The molecule has 0 amide bonds. The number of carboxylic acid groups (broad SMARTS) is 1. The van der Waals surface area contributed by atoms with E-state index >= 15 is 0 Å². The topological polar surface area (TPSA) is 60.8 Å². The molecular formula is C9H15NO3. The van der Waals surface area contributed by atoms with Crippen LogP contribution in [0.1, 0.15) is 25.7 Å². The summed E-state index contributed by atoms with van der Waals surface area (Å²) in [7, 11) is 2.02. The van der Waals surface area contributed by atoms with Crippen LogP contribution in [-0.4, -0.2) is 45.8 Å². The second-order valence-electron chi connectivity index (χ2n) is 4.30. The fourth-order valence-electron chi connectivity index (χ4n) is 2.62. The predicted molar refractivity (Wildman–Crippen MR) is 46.4 cm³/mol. The van der Waals surface area contributed by atoms with Gasteiger partial charge in [0, 0.05) is 24.9 Å². The second kappa shape index (κ2) is 2.69. The summed E-state index contributed by atoms with van der Waals surface area (Å²) in [6, 6.07) is 0.527. The first-order valence-corrected chi connectivity index (χ1v) is 4.71. The van der Waals surface area contributed by atoms with Crippen molar-refractivity contribution in [3.8, 4) is 0 Å². The summed E-state index contributed by atoms with van der Waals surface area (Å²) in [5.41, 5.74) is -1.46. The molecular weight excluding hydrogens is 170 g/mol. The Morgan fingerprint density at radius 3 is 2.23 bits per heavy atom. The van der Waals surface area contributed by atoms with E-state index in [1.165, 1.54) is 0 Å². The molecule has 0 spiro atoms. The van der Waals surface area contributed by atoms with E-state index in [-0.39, 0.29) is 12.1 Å². The fraction of sp³-hybridized carbons (Fsp3) is 0.889. The second-order valence-corrected chi connectivity index (χ2v) is 4.30. The van der Waals surface area contributed by atoms with E-state index in [2.05, 4.69) is 4.90 Å². The van der Waals surface area contributed by atoms with Gasteiger partial charge >= 0.3 is 5.97 Å². The van der Waals surface area contributed by atoms with Crippen LogP contribution in [0, 0.1) is 0 Å². The van der Waals surface area contributed by atoms with Gasteiger partial charge in [-0.25, -0.2) is 4.79 Å².